The number of carboxylic acids is 1. The minimum absolute atomic E-state index is 0.0452. The van der Waals surface area contributed by atoms with Crippen LogP contribution in [0.25, 0.3) is 6.08 Å². The Balaban J connectivity index is 2.10. The van der Waals surface area contributed by atoms with E-state index >= 15 is 0 Å². The Labute approximate surface area is 110 Å². The predicted octanol–water partition coefficient (Wildman–Crippen LogP) is 2.21. The molecule has 3 rings (SSSR count). The topological polar surface area (TPSA) is 65.0 Å². The molecule has 20 heavy (non-hydrogen) atoms. The van der Waals surface area contributed by atoms with E-state index in [1.807, 2.05) is 0 Å². The maximum atomic E-state index is 12.8. The number of hydrogen-bond acceptors (Lipinski definition) is 4. The van der Waals surface area contributed by atoms with Crippen LogP contribution in [0.3, 0.4) is 0 Å². The first-order valence-corrected chi connectivity index (χ1v) is 5.48. The number of rotatable bonds is 1. The Bertz CT molecular complexity index is 620. The van der Waals surface area contributed by atoms with Gasteiger partial charge < -0.3 is 19.3 Å². The highest BCUT2D eigenvalue weighted by Gasteiger charge is 2.48. The summed E-state index contributed by atoms with van der Waals surface area (Å²) in [5.74, 6) is -1.19. The van der Waals surface area contributed by atoms with E-state index in [9.17, 15) is 18.0 Å². The smallest absolute Gasteiger partial charge is 0.430 e. The van der Waals surface area contributed by atoms with Gasteiger partial charge in [0.25, 0.3) is 0 Å². The molecule has 0 fully saturated rings. The first-order chi connectivity index (χ1) is 9.36. The van der Waals surface area contributed by atoms with Gasteiger partial charge in [-0.15, -0.1) is 0 Å². The van der Waals surface area contributed by atoms with Crippen molar-refractivity contribution in [2.45, 2.75) is 12.3 Å². The monoisotopic (exact) mass is 288 g/mol. The van der Waals surface area contributed by atoms with Crippen molar-refractivity contribution in [1.82, 2.24) is 0 Å². The zero-order valence-electron chi connectivity index (χ0n) is 9.73. The Morgan fingerprint density at radius 1 is 1.20 bits per heavy atom. The number of ether oxygens (including phenoxy) is 3. The third kappa shape index (κ3) is 1.93. The maximum absolute atomic E-state index is 12.8. The highest BCUT2D eigenvalue weighted by atomic mass is 19.4. The van der Waals surface area contributed by atoms with Crippen LogP contribution in [0.1, 0.15) is 5.56 Å². The number of carbonyl (C=O) groups is 1. The molecule has 0 saturated carbocycles. The number of carboxylic acid groups (broad SMARTS) is 1. The van der Waals surface area contributed by atoms with Gasteiger partial charge in [-0.2, -0.15) is 13.2 Å². The molecule has 0 radical (unpaired) electrons. The molecule has 0 aliphatic carbocycles. The van der Waals surface area contributed by atoms with Gasteiger partial charge in [0.2, 0.25) is 12.9 Å². The number of hydrogen-bond donors (Lipinski definition) is 1. The van der Waals surface area contributed by atoms with Crippen molar-refractivity contribution in [3.8, 4) is 17.2 Å². The molecule has 1 atom stereocenters. The summed E-state index contributed by atoms with van der Waals surface area (Å²) in [6.45, 7) is -0.0452. The second kappa shape index (κ2) is 4.06. The molecular weight excluding hydrogens is 281 g/mol. The fourth-order valence-electron chi connectivity index (χ4n) is 2.00. The number of fused-ring (bicyclic) bond motifs is 2. The van der Waals surface area contributed by atoms with E-state index in [2.05, 4.69) is 0 Å². The molecule has 1 N–H and O–H groups in total. The quantitative estimate of drug-likeness (QED) is 0.858. The van der Waals surface area contributed by atoms with Crippen LogP contribution >= 0.6 is 0 Å². The fourth-order valence-corrected chi connectivity index (χ4v) is 2.00. The zero-order chi connectivity index (χ0) is 14.5. The van der Waals surface area contributed by atoms with E-state index in [4.69, 9.17) is 19.3 Å². The van der Waals surface area contributed by atoms with E-state index in [0.717, 1.165) is 6.08 Å². The van der Waals surface area contributed by atoms with Gasteiger partial charge in [0.1, 0.15) is 5.75 Å². The molecule has 106 valence electrons. The van der Waals surface area contributed by atoms with Crippen molar-refractivity contribution in [2.24, 2.45) is 0 Å². The molecule has 0 spiro atoms. The van der Waals surface area contributed by atoms with Crippen LogP contribution in [0.5, 0.6) is 17.2 Å². The van der Waals surface area contributed by atoms with E-state index in [0.29, 0.717) is 5.75 Å². The second-order valence-electron chi connectivity index (χ2n) is 4.19. The lowest BCUT2D eigenvalue weighted by molar-refractivity contribution is -0.187. The molecule has 5 nitrogen and oxygen atoms in total. The van der Waals surface area contributed by atoms with Crippen LogP contribution in [-0.2, 0) is 4.79 Å². The standard InChI is InChI=1S/C12H7F3O5/c13-12(14,15)10-6(11(16)17)1-5-2-8-9(19-4-18-8)3-7(5)20-10/h1-3,10H,4H2,(H,16,17). The number of halogens is 3. The molecule has 2 aliphatic heterocycles. The molecule has 0 aromatic heterocycles. The predicted molar refractivity (Wildman–Crippen MR) is 58.6 cm³/mol. The lowest BCUT2D eigenvalue weighted by atomic mass is 10.0. The summed E-state index contributed by atoms with van der Waals surface area (Å²) < 4.78 is 53.4. The SMILES string of the molecule is O=C(O)C1=Cc2cc3c(cc2OC1C(F)(F)F)OCO3. The van der Waals surface area contributed by atoms with Crippen LogP contribution < -0.4 is 14.2 Å². The van der Waals surface area contributed by atoms with Crippen molar-refractivity contribution in [1.29, 1.82) is 0 Å². The summed E-state index contributed by atoms with van der Waals surface area (Å²) in [5, 5.41) is 8.89. The van der Waals surface area contributed by atoms with Crippen LogP contribution in [0, 0.1) is 0 Å². The molecule has 1 unspecified atom stereocenters. The summed E-state index contributed by atoms with van der Waals surface area (Å²) in [4.78, 5) is 11.0. The second-order valence-corrected chi connectivity index (χ2v) is 4.19. The van der Waals surface area contributed by atoms with Gasteiger partial charge in [-0.3, -0.25) is 0 Å². The first-order valence-electron chi connectivity index (χ1n) is 5.48. The number of benzene rings is 1. The average Bonchev–Trinajstić information content (AvgIpc) is 2.80. The minimum Gasteiger partial charge on any atom is -0.478 e. The molecule has 1 aromatic carbocycles. The van der Waals surface area contributed by atoms with Gasteiger partial charge in [-0.25, -0.2) is 4.79 Å². The molecule has 0 bridgehead atoms. The molecular formula is C12H7F3O5. The Kier molecular flexibility index (Phi) is 2.56. The van der Waals surface area contributed by atoms with E-state index < -0.39 is 23.8 Å². The van der Waals surface area contributed by atoms with Crippen molar-refractivity contribution in [2.75, 3.05) is 6.79 Å². The Morgan fingerprint density at radius 2 is 1.85 bits per heavy atom. The average molecular weight is 288 g/mol. The van der Waals surface area contributed by atoms with E-state index in [1.165, 1.54) is 12.1 Å². The molecule has 2 heterocycles. The summed E-state index contributed by atoms with van der Waals surface area (Å²) in [6, 6.07) is 2.64. The summed E-state index contributed by atoms with van der Waals surface area (Å²) >= 11 is 0. The Hall–Kier alpha value is -2.38. The van der Waals surface area contributed by atoms with Gasteiger partial charge >= 0.3 is 12.1 Å². The van der Waals surface area contributed by atoms with Gasteiger partial charge in [0.05, 0.1) is 5.57 Å². The van der Waals surface area contributed by atoms with Crippen LogP contribution in [0.4, 0.5) is 13.2 Å². The lowest BCUT2D eigenvalue weighted by Crippen LogP contribution is -2.40. The summed E-state index contributed by atoms with van der Waals surface area (Å²) in [6.07, 6.45) is -6.40. The van der Waals surface area contributed by atoms with Crippen molar-refractivity contribution in [3.05, 3.63) is 23.3 Å². The first kappa shape index (κ1) is 12.6. The fraction of sp³-hybridized carbons (Fsp3) is 0.250. The highest BCUT2D eigenvalue weighted by molar-refractivity contribution is 5.95. The van der Waals surface area contributed by atoms with E-state index in [-0.39, 0.29) is 23.9 Å². The van der Waals surface area contributed by atoms with Crippen LogP contribution in [0.2, 0.25) is 0 Å². The van der Waals surface area contributed by atoms with E-state index in [1.54, 1.807) is 0 Å². The third-order valence-electron chi connectivity index (χ3n) is 2.89. The number of alkyl halides is 3. The third-order valence-corrected chi connectivity index (χ3v) is 2.89. The molecule has 1 aromatic rings. The zero-order valence-corrected chi connectivity index (χ0v) is 9.73. The lowest BCUT2D eigenvalue weighted by Gasteiger charge is -2.27. The highest BCUT2D eigenvalue weighted by Crippen LogP contribution is 2.43. The Morgan fingerprint density at radius 3 is 2.45 bits per heavy atom. The largest absolute Gasteiger partial charge is 0.478 e. The van der Waals surface area contributed by atoms with Crippen LogP contribution in [0.15, 0.2) is 17.7 Å². The molecule has 2 aliphatic rings. The van der Waals surface area contributed by atoms with Gasteiger partial charge in [0.15, 0.2) is 11.5 Å². The van der Waals surface area contributed by atoms with Crippen molar-refractivity contribution >= 4 is 12.0 Å². The maximum Gasteiger partial charge on any atom is 0.430 e. The molecule has 0 saturated heterocycles. The molecule has 0 amide bonds. The summed E-state index contributed by atoms with van der Waals surface area (Å²) in [5.41, 5.74) is -0.670. The van der Waals surface area contributed by atoms with Crippen molar-refractivity contribution < 1.29 is 37.3 Å². The van der Waals surface area contributed by atoms with Gasteiger partial charge in [0, 0.05) is 11.6 Å². The minimum atomic E-state index is -4.82. The normalized spacial score (nSPS) is 19.9. The van der Waals surface area contributed by atoms with Gasteiger partial charge in [-0.05, 0) is 12.1 Å². The molecule has 8 heteroatoms. The van der Waals surface area contributed by atoms with Crippen LogP contribution in [-0.4, -0.2) is 30.1 Å². The number of aliphatic carboxylic acids is 1. The van der Waals surface area contributed by atoms with Crippen molar-refractivity contribution in [3.63, 3.8) is 0 Å². The van der Waals surface area contributed by atoms with Gasteiger partial charge in [-0.1, -0.05) is 0 Å². The summed E-state index contributed by atoms with van der Waals surface area (Å²) in [7, 11) is 0.